The molecule has 2 aromatic rings. The van der Waals surface area contributed by atoms with Gasteiger partial charge in [-0.15, -0.1) is 0 Å². The first kappa shape index (κ1) is 30.9. The van der Waals surface area contributed by atoms with Gasteiger partial charge in [0.1, 0.15) is 17.1 Å². The number of rotatable bonds is 13. The van der Waals surface area contributed by atoms with E-state index in [2.05, 4.69) is 15.9 Å². The molecule has 39 heavy (non-hydrogen) atoms. The summed E-state index contributed by atoms with van der Waals surface area (Å²) < 4.78 is 18.3. The van der Waals surface area contributed by atoms with Gasteiger partial charge < -0.3 is 19.0 Å². The lowest BCUT2D eigenvalue weighted by Gasteiger charge is -2.34. The maximum atomic E-state index is 14.3. The van der Waals surface area contributed by atoms with E-state index in [4.69, 9.17) is 19.0 Å². The van der Waals surface area contributed by atoms with E-state index < -0.39 is 41.6 Å². The Labute approximate surface area is 239 Å². The number of aliphatic hydroxyl groups is 1. The Morgan fingerprint density at radius 2 is 1.79 bits per heavy atom. The van der Waals surface area contributed by atoms with Gasteiger partial charge in [0.15, 0.2) is 6.10 Å². The molecule has 3 rings (SSSR count). The van der Waals surface area contributed by atoms with E-state index in [1.54, 1.807) is 19.9 Å². The third-order valence-electron chi connectivity index (χ3n) is 7.05. The molecule has 8 nitrogen and oxygen atoms in total. The van der Waals surface area contributed by atoms with E-state index in [-0.39, 0.29) is 18.9 Å². The Bertz CT molecular complexity index is 1130. The fourth-order valence-electron chi connectivity index (χ4n) is 5.46. The topological polar surface area (TPSA) is 106 Å². The van der Waals surface area contributed by atoms with Crippen molar-refractivity contribution in [1.82, 2.24) is 4.90 Å². The fraction of sp³-hybridized carbons (Fsp3) is 0.567. The second-order valence-corrected chi connectivity index (χ2v) is 11.9. The lowest BCUT2D eigenvalue weighted by Crippen LogP contribution is -2.51. The zero-order valence-electron chi connectivity index (χ0n) is 23.4. The van der Waals surface area contributed by atoms with E-state index in [1.165, 1.54) is 11.8 Å². The van der Waals surface area contributed by atoms with Crippen molar-refractivity contribution < 1.29 is 33.4 Å². The Kier molecular flexibility index (Phi) is 10.8. The molecule has 1 aromatic carbocycles. The molecular weight excluding hydrogens is 566 g/mol. The maximum absolute atomic E-state index is 14.3. The predicted molar refractivity (Wildman–Crippen MR) is 150 cm³/mol. The zero-order chi connectivity index (χ0) is 28.7. The predicted octanol–water partition coefficient (Wildman–Crippen LogP) is 6.38. The average Bonchev–Trinajstić information content (AvgIpc) is 3.35. The summed E-state index contributed by atoms with van der Waals surface area (Å²) in [7, 11) is 0. The molecule has 3 atom stereocenters. The molecule has 0 saturated carbocycles. The molecule has 0 bridgehead atoms. The number of benzene rings is 1. The van der Waals surface area contributed by atoms with Gasteiger partial charge in [-0.25, -0.2) is 9.69 Å². The number of esters is 1. The summed E-state index contributed by atoms with van der Waals surface area (Å²) in [6.07, 6.45) is 2.60. The van der Waals surface area contributed by atoms with Crippen LogP contribution in [0.4, 0.5) is 4.79 Å². The average molecular weight is 607 g/mol. The quantitative estimate of drug-likeness (QED) is 0.208. The molecular formula is C30H40BrNO7. The van der Waals surface area contributed by atoms with Gasteiger partial charge >= 0.3 is 12.1 Å². The molecule has 1 aliphatic rings. The summed E-state index contributed by atoms with van der Waals surface area (Å²) in [6.45, 7) is 8.96. The molecule has 1 aromatic heterocycles. The van der Waals surface area contributed by atoms with Gasteiger partial charge in [0.25, 0.3) is 0 Å². The van der Waals surface area contributed by atoms with E-state index in [9.17, 15) is 14.4 Å². The second-order valence-electron chi connectivity index (χ2n) is 11.0. The van der Waals surface area contributed by atoms with E-state index >= 15 is 0 Å². The summed E-state index contributed by atoms with van der Waals surface area (Å²) in [6, 6.07) is 10.7. The molecule has 0 aliphatic carbocycles. The Hall–Kier alpha value is -2.65. The van der Waals surface area contributed by atoms with Crippen LogP contribution in [0.15, 0.2) is 45.3 Å². The monoisotopic (exact) mass is 605 g/mol. The van der Waals surface area contributed by atoms with Crippen molar-refractivity contribution in [1.29, 1.82) is 0 Å². The number of carbonyl (C=O) groups excluding carboxylic acids is 3. The number of hydrogen-bond acceptors (Lipinski definition) is 7. The summed E-state index contributed by atoms with van der Waals surface area (Å²) >= 11 is 3.56. The number of unbranched alkanes of at least 4 members (excludes halogenated alkanes) is 3. The van der Waals surface area contributed by atoms with Gasteiger partial charge in [-0.05, 0) is 66.6 Å². The van der Waals surface area contributed by atoms with Gasteiger partial charge in [0.05, 0.1) is 16.4 Å². The highest BCUT2D eigenvalue weighted by molar-refractivity contribution is 9.10. The van der Waals surface area contributed by atoms with E-state index in [0.29, 0.717) is 17.9 Å². The first-order valence-electron chi connectivity index (χ1n) is 13.6. The minimum Gasteiger partial charge on any atom is -0.461 e. The van der Waals surface area contributed by atoms with Crippen LogP contribution in [0.1, 0.15) is 83.5 Å². The molecule has 0 unspecified atom stereocenters. The molecule has 0 spiro atoms. The largest absolute Gasteiger partial charge is 0.461 e. The lowest BCUT2D eigenvalue weighted by molar-refractivity contribution is -0.156. The van der Waals surface area contributed by atoms with Crippen LogP contribution in [-0.4, -0.2) is 46.2 Å². The molecule has 1 saturated heterocycles. The van der Waals surface area contributed by atoms with Gasteiger partial charge in [-0.3, -0.25) is 9.59 Å². The van der Waals surface area contributed by atoms with Crippen LogP contribution in [0.3, 0.4) is 0 Å². The highest BCUT2D eigenvalue weighted by Crippen LogP contribution is 2.40. The number of imide groups is 1. The standard InChI is InChI=1S/C30H40BrNO7/c1-19(2)27-30(4,5)39-29(36)32(27)28(35)22(17-21-13-9-8-10-14-21)26(37-20(3)34)25-18-23(31)24(38-25)15-11-6-7-12-16-33/h8-10,13-14,18-19,22,26-27,33H,6-7,11-12,15-17H2,1-5H3/t22-,26-,27-/m1/s1. The molecule has 214 valence electrons. The van der Waals surface area contributed by atoms with Crippen molar-refractivity contribution in [3.63, 3.8) is 0 Å². The first-order chi connectivity index (χ1) is 18.5. The highest BCUT2D eigenvalue weighted by atomic mass is 79.9. The highest BCUT2D eigenvalue weighted by Gasteiger charge is 2.54. The first-order valence-corrected chi connectivity index (χ1v) is 14.4. The summed E-state index contributed by atoms with van der Waals surface area (Å²) in [5.74, 6) is -1.00. The van der Waals surface area contributed by atoms with Crippen LogP contribution in [0.5, 0.6) is 0 Å². The van der Waals surface area contributed by atoms with Gasteiger partial charge in [0, 0.05) is 20.0 Å². The molecule has 1 N–H and O–H groups in total. The van der Waals surface area contributed by atoms with Crippen LogP contribution in [0.25, 0.3) is 0 Å². The number of ether oxygens (including phenoxy) is 2. The summed E-state index contributed by atoms with van der Waals surface area (Å²) in [4.78, 5) is 40.9. The van der Waals surface area contributed by atoms with Crippen LogP contribution >= 0.6 is 15.9 Å². The van der Waals surface area contributed by atoms with Gasteiger partial charge in [-0.1, -0.05) is 57.0 Å². The van der Waals surface area contributed by atoms with E-state index in [1.807, 2.05) is 44.2 Å². The number of carbonyl (C=O) groups is 3. The zero-order valence-corrected chi connectivity index (χ0v) is 25.0. The van der Waals surface area contributed by atoms with E-state index in [0.717, 1.165) is 35.7 Å². The number of amides is 2. The van der Waals surface area contributed by atoms with Crippen LogP contribution in [0.2, 0.25) is 0 Å². The van der Waals surface area contributed by atoms with Crippen molar-refractivity contribution in [2.75, 3.05) is 6.61 Å². The third-order valence-corrected chi connectivity index (χ3v) is 7.72. The molecule has 2 amide bonds. The van der Waals surface area contributed by atoms with Gasteiger partial charge in [0.2, 0.25) is 5.91 Å². The summed E-state index contributed by atoms with van der Waals surface area (Å²) in [5, 5.41) is 9.01. The Balaban J connectivity index is 2.00. The number of halogens is 1. The fourth-order valence-corrected chi connectivity index (χ4v) is 5.97. The maximum Gasteiger partial charge on any atom is 0.417 e. The van der Waals surface area contributed by atoms with Crippen LogP contribution in [0, 0.1) is 11.8 Å². The summed E-state index contributed by atoms with van der Waals surface area (Å²) in [5.41, 5.74) is -0.0119. The lowest BCUT2D eigenvalue weighted by atomic mass is 9.86. The van der Waals surface area contributed by atoms with Crippen molar-refractivity contribution in [2.24, 2.45) is 11.8 Å². The van der Waals surface area contributed by atoms with Crippen molar-refractivity contribution in [2.45, 2.75) is 90.9 Å². The number of furan rings is 1. The van der Waals surface area contributed by atoms with Crippen LogP contribution < -0.4 is 0 Å². The Morgan fingerprint density at radius 1 is 1.13 bits per heavy atom. The molecule has 9 heteroatoms. The minimum atomic E-state index is -1.06. The molecule has 0 radical (unpaired) electrons. The number of aliphatic hydroxyl groups excluding tert-OH is 1. The number of nitrogens with zero attached hydrogens (tertiary/aromatic N) is 1. The Morgan fingerprint density at radius 3 is 2.41 bits per heavy atom. The molecule has 1 fully saturated rings. The minimum absolute atomic E-state index is 0.0601. The normalized spacial score (nSPS) is 18.2. The smallest absolute Gasteiger partial charge is 0.417 e. The second kappa shape index (κ2) is 13.6. The van der Waals surface area contributed by atoms with Crippen molar-refractivity contribution in [3.05, 3.63) is 58.0 Å². The number of cyclic esters (lactones) is 1. The number of hydrogen-bond donors (Lipinski definition) is 1. The number of aryl methyl sites for hydroxylation is 1. The van der Waals surface area contributed by atoms with Gasteiger partial charge in [-0.2, -0.15) is 0 Å². The molecule has 2 heterocycles. The SMILES string of the molecule is CC(=O)O[C@@H](c1cc(Br)c(CCCCCCO)o1)[C@@H](Cc1ccccc1)C(=O)N1C(=O)OC(C)(C)[C@H]1C(C)C. The van der Waals surface area contributed by atoms with Crippen LogP contribution in [-0.2, 0) is 31.9 Å². The molecule has 1 aliphatic heterocycles. The van der Waals surface area contributed by atoms with Crippen molar-refractivity contribution in [3.8, 4) is 0 Å². The third kappa shape index (κ3) is 7.72. The van der Waals surface area contributed by atoms with Crippen molar-refractivity contribution >= 4 is 33.9 Å².